The third-order valence-corrected chi connectivity index (χ3v) is 0.874. The highest BCUT2D eigenvalue weighted by Crippen LogP contribution is 1.96. The average Bonchev–Trinajstić information content (AvgIpc) is 1.68. The van der Waals surface area contributed by atoms with Crippen molar-refractivity contribution in [2.24, 2.45) is 11.8 Å². The van der Waals surface area contributed by atoms with E-state index in [2.05, 4.69) is 11.8 Å². The van der Waals surface area contributed by atoms with E-state index in [0.717, 1.165) is 6.42 Å². The van der Waals surface area contributed by atoms with Crippen LogP contribution in [0.25, 0.3) is 0 Å². The molecule has 2 nitrogen and oxygen atoms in total. The van der Waals surface area contributed by atoms with Crippen LogP contribution in [-0.2, 0) is 4.84 Å². The van der Waals surface area contributed by atoms with Gasteiger partial charge in [0.1, 0.15) is 0 Å². The Labute approximate surface area is 44.6 Å². The summed E-state index contributed by atoms with van der Waals surface area (Å²) in [5.74, 6) is 5.27. The van der Waals surface area contributed by atoms with Gasteiger partial charge in [-0.2, -0.15) is 0 Å². The lowest BCUT2D eigenvalue weighted by Crippen LogP contribution is -2.08. The van der Waals surface area contributed by atoms with Crippen LogP contribution in [0.2, 0.25) is 0 Å². The summed E-state index contributed by atoms with van der Waals surface area (Å²) >= 11 is 0. The van der Waals surface area contributed by atoms with E-state index in [1.165, 1.54) is 0 Å². The first-order chi connectivity index (χ1) is 3.31. The highest BCUT2D eigenvalue weighted by atomic mass is 16.6. The maximum atomic E-state index is 4.78. The van der Waals surface area contributed by atoms with E-state index in [-0.39, 0.29) is 0 Å². The smallest absolute Gasteiger partial charge is 0.0704 e. The highest BCUT2D eigenvalue weighted by Gasteiger charge is 1.93. The molecule has 0 spiro atoms. The SMILES string of the molecule is [CH2]CC(C)CON. The predicted molar refractivity (Wildman–Crippen MR) is 29.3 cm³/mol. The van der Waals surface area contributed by atoms with Crippen molar-refractivity contribution in [1.82, 2.24) is 0 Å². The van der Waals surface area contributed by atoms with Crippen LogP contribution >= 0.6 is 0 Å². The Morgan fingerprint density at radius 3 is 2.57 bits per heavy atom. The molecule has 0 fully saturated rings. The molecule has 0 saturated heterocycles. The fourth-order valence-corrected chi connectivity index (χ4v) is 0.248. The van der Waals surface area contributed by atoms with Crippen molar-refractivity contribution in [3.05, 3.63) is 6.92 Å². The zero-order valence-corrected chi connectivity index (χ0v) is 4.68. The minimum atomic E-state index is 0.491. The van der Waals surface area contributed by atoms with Crippen molar-refractivity contribution >= 4 is 0 Å². The van der Waals surface area contributed by atoms with Crippen molar-refractivity contribution in [2.75, 3.05) is 6.61 Å². The van der Waals surface area contributed by atoms with Crippen molar-refractivity contribution < 1.29 is 4.84 Å². The third-order valence-electron chi connectivity index (χ3n) is 0.874. The highest BCUT2D eigenvalue weighted by molar-refractivity contribution is 4.49. The van der Waals surface area contributed by atoms with Gasteiger partial charge in [-0.3, -0.25) is 0 Å². The van der Waals surface area contributed by atoms with Crippen LogP contribution in [0.4, 0.5) is 0 Å². The summed E-state index contributed by atoms with van der Waals surface area (Å²) in [6.07, 6.45) is 0.886. The van der Waals surface area contributed by atoms with Crippen molar-refractivity contribution in [3.63, 3.8) is 0 Å². The van der Waals surface area contributed by atoms with Crippen LogP contribution in [0.3, 0.4) is 0 Å². The summed E-state index contributed by atoms with van der Waals surface area (Å²) in [5, 5.41) is 0. The second-order valence-electron chi connectivity index (χ2n) is 1.73. The van der Waals surface area contributed by atoms with Gasteiger partial charge in [-0.15, -0.1) is 0 Å². The van der Waals surface area contributed by atoms with Gasteiger partial charge in [0.25, 0.3) is 0 Å². The van der Waals surface area contributed by atoms with Gasteiger partial charge in [0.15, 0.2) is 0 Å². The third kappa shape index (κ3) is 3.76. The van der Waals surface area contributed by atoms with Crippen molar-refractivity contribution in [3.8, 4) is 0 Å². The maximum Gasteiger partial charge on any atom is 0.0704 e. The van der Waals surface area contributed by atoms with Crippen LogP contribution in [0.1, 0.15) is 13.3 Å². The molecule has 0 saturated carbocycles. The normalized spacial score (nSPS) is 14.1. The maximum absolute atomic E-state index is 4.78. The lowest BCUT2D eigenvalue weighted by Gasteiger charge is -2.02. The van der Waals surface area contributed by atoms with E-state index >= 15 is 0 Å². The molecule has 0 aromatic heterocycles. The molecule has 0 aromatic rings. The molecule has 0 aliphatic carbocycles. The predicted octanol–water partition coefficient (Wildman–Crippen LogP) is 0.737. The number of hydrogen-bond acceptors (Lipinski definition) is 2. The van der Waals surface area contributed by atoms with E-state index in [1.807, 2.05) is 6.92 Å². The Kier molecular flexibility index (Phi) is 4.04. The van der Waals surface area contributed by atoms with Crippen LogP contribution in [0.5, 0.6) is 0 Å². The molecule has 0 aliphatic heterocycles. The summed E-state index contributed by atoms with van der Waals surface area (Å²) in [6.45, 7) is 6.32. The summed E-state index contributed by atoms with van der Waals surface area (Å²) in [6, 6.07) is 0. The van der Waals surface area contributed by atoms with E-state index < -0.39 is 0 Å². The monoisotopic (exact) mass is 102 g/mol. The number of nitrogens with two attached hydrogens (primary N) is 1. The summed E-state index contributed by atoms with van der Waals surface area (Å²) in [4.78, 5) is 4.35. The Morgan fingerprint density at radius 2 is 2.43 bits per heavy atom. The van der Waals surface area contributed by atoms with E-state index in [4.69, 9.17) is 5.90 Å². The summed E-state index contributed by atoms with van der Waals surface area (Å²) in [7, 11) is 0. The standard InChI is InChI=1S/C5H12NO/c1-3-5(2)4-7-6/h5H,1,3-4,6H2,2H3. The minimum absolute atomic E-state index is 0.491. The zero-order chi connectivity index (χ0) is 5.70. The molecule has 0 aromatic carbocycles. The Hall–Kier alpha value is -0.0800. The molecule has 1 atom stereocenters. The van der Waals surface area contributed by atoms with Crippen molar-refractivity contribution in [1.29, 1.82) is 0 Å². The van der Waals surface area contributed by atoms with Gasteiger partial charge in [-0.1, -0.05) is 13.8 Å². The molecular formula is C5H12NO. The van der Waals surface area contributed by atoms with E-state index in [9.17, 15) is 0 Å². The minimum Gasteiger partial charge on any atom is -0.304 e. The largest absolute Gasteiger partial charge is 0.304 e. The first-order valence-corrected chi connectivity index (χ1v) is 2.42. The quantitative estimate of drug-likeness (QED) is 0.533. The van der Waals surface area contributed by atoms with Gasteiger partial charge >= 0.3 is 0 Å². The Bertz CT molecular complexity index is 39.1. The molecule has 1 unspecified atom stereocenters. The number of hydrogen-bond donors (Lipinski definition) is 1. The molecule has 0 heterocycles. The van der Waals surface area contributed by atoms with E-state index in [1.54, 1.807) is 0 Å². The molecule has 1 radical (unpaired) electrons. The number of rotatable bonds is 3. The van der Waals surface area contributed by atoms with Gasteiger partial charge in [-0.05, 0) is 12.3 Å². The summed E-state index contributed by atoms with van der Waals surface area (Å²) in [5.41, 5.74) is 0. The molecule has 2 N–H and O–H groups in total. The molecule has 0 aliphatic rings. The molecular weight excluding hydrogens is 90.1 g/mol. The van der Waals surface area contributed by atoms with Crippen LogP contribution in [-0.4, -0.2) is 6.61 Å². The van der Waals surface area contributed by atoms with Gasteiger partial charge in [0.2, 0.25) is 0 Å². The molecule has 0 rings (SSSR count). The fourth-order valence-electron chi connectivity index (χ4n) is 0.248. The molecule has 0 bridgehead atoms. The van der Waals surface area contributed by atoms with Gasteiger partial charge in [0.05, 0.1) is 6.61 Å². The molecule has 2 heteroatoms. The average molecular weight is 102 g/mol. The first kappa shape index (κ1) is 6.92. The zero-order valence-electron chi connectivity index (χ0n) is 4.68. The van der Waals surface area contributed by atoms with Crippen LogP contribution < -0.4 is 5.90 Å². The second-order valence-corrected chi connectivity index (χ2v) is 1.73. The van der Waals surface area contributed by atoms with Gasteiger partial charge in [0, 0.05) is 0 Å². The summed E-state index contributed by atoms with van der Waals surface area (Å²) < 4.78 is 0. The Balaban J connectivity index is 2.83. The molecule has 7 heavy (non-hydrogen) atoms. The van der Waals surface area contributed by atoms with E-state index in [0.29, 0.717) is 12.5 Å². The molecule has 43 valence electrons. The van der Waals surface area contributed by atoms with Crippen LogP contribution in [0, 0.1) is 12.8 Å². The Morgan fingerprint density at radius 1 is 1.86 bits per heavy atom. The topological polar surface area (TPSA) is 35.2 Å². The molecule has 0 amide bonds. The second kappa shape index (κ2) is 4.09. The van der Waals surface area contributed by atoms with Gasteiger partial charge < -0.3 is 4.84 Å². The lowest BCUT2D eigenvalue weighted by molar-refractivity contribution is 0.108. The van der Waals surface area contributed by atoms with Crippen LogP contribution in [0.15, 0.2) is 0 Å². The fraction of sp³-hybridized carbons (Fsp3) is 0.800. The first-order valence-electron chi connectivity index (χ1n) is 2.42. The van der Waals surface area contributed by atoms with Gasteiger partial charge in [-0.25, -0.2) is 5.90 Å². The van der Waals surface area contributed by atoms with Crippen molar-refractivity contribution in [2.45, 2.75) is 13.3 Å². The lowest BCUT2D eigenvalue weighted by atomic mass is 10.1.